The molecule has 2 aliphatic rings. The first-order valence-corrected chi connectivity index (χ1v) is 9.50. The first kappa shape index (κ1) is 20.6. The maximum atomic E-state index is 13.1. The minimum Gasteiger partial charge on any atom is -0.465 e. The zero-order chi connectivity index (χ0) is 20.4. The molecule has 1 aliphatic carbocycles. The Labute approximate surface area is 162 Å². The lowest BCUT2D eigenvalue weighted by Gasteiger charge is -2.42. The van der Waals surface area contributed by atoms with Gasteiger partial charge in [0.15, 0.2) is 0 Å². The van der Waals surface area contributed by atoms with Crippen molar-refractivity contribution in [2.75, 3.05) is 26.7 Å². The Hall–Kier alpha value is -2.09. The minimum atomic E-state index is -4.86. The minimum absolute atomic E-state index is 0.0835. The van der Waals surface area contributed by atoms with Gasteiger partial charge in [0.1, 0.15) is 0 Å². The third-order valence-electron chi connectivity index (χ3n) is 5.59. The Morgan fingerprint density at radius 3 is 2.50 bits per heavy atom. The molecule has 0 spiro atoms. The van der Waals surface area contributed by atoms with Crippen molar-refractivity contribution in [1.29, 1.82) is 0 Å². The van der Waals surface area contributed by atoms with Crippen LogP contribution in [-0.4, -0.2) is 55.7 Å². The molecule has 1 saturated heterocycles. The van der Waals surface area contributed by atoms with Crippen molar-refractivity contribution in [3.8, 4) is 0 Å². The van der Waals surface area contributed by atoms with Crippen LogP contribution in [0.4, 0.5) is 13.2 Å². The Morgan fingerprint density at radius 2 is 1.93 bits per heavy atom. The molecule has 1 aromatic carbocycles. The van der Waals surface area contributed by atoms with Gasteiger partial charge in [-0.15, -0.1) is 0 Å². The van der Waals surface area contributed by atoms with E-state index in [-0.39, 0.29) is 12.6 Å². The number of amides is 1. The summed E-state index contributed by atoms with van der Waals surface area (Å²) in [4.78, 5) is 24.9. The first-order chi connectivity index (χ1) is 13.2. The molecule has 1 amide bonds. The quantitative estimate of drug-likeness (QED) is 0.749. The number of halogens is 3. The van der Waals surface area contributed by atoms with Crippen LogP contribution in [-0.2, 0) is 16.0 Å². The third kappa shape index (κ3) is 4.84. The van der Waals surface area contributed by atoms with Crippen LogP contribution in [0, 0.1) is 5.41 Å². The average Bonchev–Trinajstić information content (AvgIpc) is 3.50. The second kappa shape index (κ2) is 8.11. The number of hydrogen-bond donors (Lipinski definition) is 1. The molecule has 0 radical (unpaired) electrons. The van der Waals surface area contributed by atoms with Crippen molar-refractivity contribution in [2.24, 2.45) is 5.41 Å². The molecule has 1 N–H and O–H groups in total. The van der Waals surface area contributed by atoms with E-state index >= 15 is 0 Å². The smallest absolute Gasteiger partial charge is 0.465 e. The molecule has 3 rings (SSSR count). The Balaban J connectivity index is 1.84. The second-order valence-electron chi connectivity index (χ2n) is 7.78. The molecule has 1 saturated carbocycles. The summed E-state index contributed by atoms with van der Waals surface area (Å²) in [6.07, 6.45) is -1.77. The van der Waals surface area contributed by atoms with Crippen molar-refractivity contribution in [3.63, 3.8) is 0 Å². The number of carbonyl (C=O) groups excluding carboxylic acids is 2. The number of hydrogen-bond acceptors (Lipinski definition) is 4. The van der Waals surface area contributed by atoms with Crippen LogP contribution in [0.15, 0.2) is 24.3 Å². The third-order valence-corrected chi connectivity index (χ3v) is 5.59. The largest absolute Gasteiger partial charge is 0.471 e. The lowest BCUT2D eigenvalue weighted by Crippen LogP contribution is -2.51. The fourth-order valence-electron chi connectivity index (χ4n) is 3.98. The van der Waals surface area contributed by atoms with Gasteiger partial charge in [-0.25, -0.2) is 4.79 Å². The lowest BCUT2D eigenvalue weighted by molar-refractivity contribution is -0.188. The van der Waals surface area contributed by atoms with Gasteiger partial charge in [0, 0.05) is 12.6 Å². The number of nitrogens with zero attached hydrogens (tertiary/aromatic N) is 1. The van der Waals surface area contributed by atoms with E-state index in [0.29, 0.717) is 50.8 Å². The average molecular weight is 398 g/mol. The van der Waals surface area contributed by atoms with Gasteiger partial charge in [0.2, 0.25) is 0 Å². The van der Waals surface area contributed by atoms with Crippen molar-refractivity contribution in [3.05, 3.63) is 35.4 Å². The topological polar surface area (TPSA) is 58.6 Å². The van der Waals surface area contributed by atoms with Crippen LogP contribution < -0.4 is 5.32 Å². The van der Waals surface area contributed by atoms with Gasteiger partial charge < -0.3 is 15.0 Å². The van der Waals surface area contributed by atoms with Crippen molar-refractivity contribution in [2.45, 2.75) is 44.3 Å². The lowest BCUT2D eigenvalue weighted by atomic mass is 9.73. The summed E-state index contributed by atoms with van der Waals surface area (Å²) in [6, 6.07) is 6.66. The van der Waals surface area contributed by atoms with E-state index in [1.165, 1.54) is 7.11 Å². The van der Waals surface area contributed by atoms with Crippen molar-refractivity contribution < 1.29 is 27.5 Å². The molecule has 0 aromatic heterocycles. The van der Waals surface area contributed by atoms with Crippen LogP contribution in [0.3, 0.4) is 0 Å². The number of nitrogens with one attached hydrogen (secondary N) is 1. The maximum absolute atomic E-state index is 13.1. The zero-order valence-electron chi connectivity index (χ0n) is 15.8. The standard InChI is InChI=1S/C20H25F3N2O3/c1-28-17(26)15-4-2-3-14(11-15)12-19(7-9-24-10-8-19)13-25(16-5-6-16)18(27)20(21,22)23/h2-4,11,16,24H,5-10,12-13H2,1H3. The van der Waals surface area contributed by atoms with Crippen molar-refractivity contribution in [1.82, 2.24) is 10.2 Å². The molecule has 2 fully saturated rings. The number of carbonyl (C=O) groups is 2. The van der Waals surface area contributed by atoms with Gasteiger partial charge in [-0.3, -0.25) is 4.79 Å². The molecule has 0 unspecified atom stereocenters. The van der Waals surface area contributed by atoms with E-state index < -0.39 is 23.5 Å². The first-order valence-electron chi connectivity index (χ1n) is 9.50. The number of piperidine rings is 1. The molecule has 5 nitrogen and oxygen atoms in total. The Kier molecular flexibility index (Phi) is 5.98. The highest BCUT2D eigenvalue weighted by Crippen LogP contribution is 2.39. The van der Waals surface area contributed by atoms with Gasteiger partial charge in [-0.2, -0.15) is 13.2 Å². The molecular weight excluding hydrogens is 373 g/mol. The molecule has 28 heavy (non-hydrogen) atoms. The van der Waals surface area contributed by atoms with E-state index in [9.17, 15) is 22.8 Å². The summed E-state index contributed by atoms with van der Waals surface area (Å²) in [5.74, 6) is -2.19. The molecule has 154 valence electrons. The molecular formula is C20H25F3N2O3. The number of rotatable bonds is 6. The second-order valence-corrected chi connectivity index (χ2v) is 7.78. The number of esters is 1. The molecule has 0 atom stereocenters. The summed E-state index contributed by atoms with van der Waals surface area (Å²) in [7, 11) is 1.31. The molecule has 0 bridgehead atoms. The van der Waals surface area contributed by atoms with E-state index in [0.717, 1.165) is 10.5 Å². The van der Waals surface area contributed by atoms with Crippen LogP contribution in [0.5, 0.6) is 0 Å². The van der Waals surface area contributed by atoms with Crippen molar-refractivity contribution >= 4 is 11.9 Å². The van der Waals surface area contributed by atoms with Crippen LogP contribution >= 0.6 is 0 Å². The Bertz CT molecular complexity index is 726. The zero-order valence-corrected chi connectivity index (χ0v) is 15.8. The fraction of sp³-hybridized carbons (Fsp3) is 0.600. The van der Waals surface area contributed by atoms with Gasteiger partial charge in [-0.05, 0) is 68.3 Å². The normalized spacial score (nSPS) is 19.1. The highest BCUT2D eigenvalue weighted by molar-refractivity contribution is 5.89. The predicted molar refractivity (Wildman–Crippen MR) is 96.8 cm³/mol. The number of methoxy groups -OCH3 is 1. The molecule has 1 heterocycles. The molecule has 1 aliphatic heterocycles. The fourth-order valence-corrected chi connectivity index (χ4v) is 3.98. The molecule has 8 heteroatoms. The maximum Gasteiger partial charge on any atom is 0.471 e. The van der Waals surface area contributed by atoms with Crippen LogP contribution in [0.1, 0.15) is 41.6 Å². The predicted octanol–water partition coefficient (Wildman–Crippen LogP) is 2.94. The van der Waals surface area contributed by atoms with E-state index in [2.05, 4.69) is 5.32 Å². The monoisotopic (exact) mass is 398 g/mol. The van der Waals surface area contributed by atoms with Gasteiger partial charge >= 0.3 is 18.1 Å². The number of benzene rings is 1. The van der Waals surface area contributed by atoms with E-state index in [4.69, 9.17) is 4.74 Å². The summed E-state index contributed by atoms with van der Waals surface area (Å²) >= 11 is 0. The number of alkyl halides is 3. The summed E-state index contributed by atoms with van der Waals surface area (Å²) < 4.78 is 44.1. The summed E-state index contributed by atoms with van der Waals surface area (Å²) in [6.45, 7) is 1.46. The highest BCUT2D eigenvalue weighted by atomic mass is 19.4. The summed E-state index contributed by atoms with van der Waals surface area (Å²) in [5.41, 5.74) is 0.818. The van der Waals surface area contributed by atoms with Gasteiger partial charge in [0.25, 0.3) is 0 Å². The van der Waals surface area contributed by atoms with E-state index in [1.807, 2.05) is 6.07 Å². The summed E-state index contributed by atoms with van der Waals surface area (Å²) in [5, 5.41) is 3.24. The van der Waals surface area contributed by atoms with Gasteiger partial charge in [0.05, 0.1) is 12.7 Å². The highest BCUT2D eigenvalue weighted by Gasteiger charge is 2.49. The SMILES string of the molecule is COC(=O)c1cccc(CC2(CN(C(=O)C(F)(F)F)C3CC3)CCNCC2)c1. The van der Waals surface area contributed by atoms with Gasteiger partial charge in [-0.1, -0.05) is 12.1 Å². The Morgan fingerprint density at radius 1 is 1.25 bits per heavy atom. The molecule has 1 aromatic rings. The number of ether oxygens (including phenoxy) is 1. The van der Waals surface area contributed by atoms with Crippen LogP contribution in [0.2, 0.25) is 0 Å². The van der Waals surface area contributed by atoms with Crippen LogP contribution in [0.25, 0.3) is 0 Å². The van der Waals surface area contributed by atoms with E-state index in [1.54, 1.807) is 18.2 Å².